The van der Waals surface area contributed by atoms with Gasteiger partial charge in [-0.05, 0) is 12.1 Å². The van der Waals surface area contributed by atoms with E-state index in [1.54, 1.807) is 6.07 Å². The third kappa shape index (κ3) is 0.763. The first-order chi connectivity index (χ1) is 6.90. The molecule has 0 unspecified atom stereocenters. The number of allylic oxidation sites excluding steroid dienone is 4. The molecule has 0 spiro atoms. The Bertz CT molecular complexity index is 554. The minimum absolute atomic E-state index is 0.652. The quantitative estimate of drug-likeness (QED) is 0.601. The summed E-state index contributed by atoms with van der Waals surface area (Å²) in [6, 6.07) is 7.86. The van der Waals surface area contributed by atoms with Gasteiger partial charge in [0.1, 0.15) is 6.07 Å². The van der Waals surface area contributed by atoms with Gasteiger partial charge in [-0.25, -0.2) is 4.99 Å². The van der Waals surface area contributed by atoms with Crippen LogP contribution in [0.25, 0.3) is 5.57 Å². The van der Waals surface area contributed by atoms with Crippen molar-refractivity contribution in [1.29, 1.82) is 5.26 Å². The van der Waals surface area contributed by atoms with E-state index < -0.39 is 0 Å². The van der Waals surface area contributed by atoms with Crippen molar-refractivity contribution in [2.45, 2.75) is 0 Å². The van der Waals surface area contributed by atoms with Crippen LogP contribution >= 0.6 is 0 Å². The molecule has 0 fully saturated rings. The van der Waals surface area contributed by atoms with Gasteiger partial charge in [-0.1, -0.05) is 24.3 Å². The van der Waals surface area contributed by atoms with Crippen molar-refractivity contribution in [3.63, 3.8) is 0 Å². The van der Waals surface area contributed by atoms with Crippen LogP contribution in [-0.4, -0.2) is 5.71 Å². The number of hydrogen-bond acceptors (Lipinski definition) is 2. The number of aliphatic imine (C=N–C) groups is 1. The predicted octanol–water partition coefficient (Wildman–Crippen LogP) is 2.60. The van der Waals surface area contributed by atoms with Crippen molar-refractivity contribution in [3.8, 4) is 6.07 Å². The highest BCUT2D eigenvalue weighted by molar-refractivity contribution is 6.36. The fourth-order valence-corrected chi connectivity index (χ4v) is 1.83. The second kappa shape index (κ2) is 2.43. The molecule has 0 saturated heterocycles. The molecule has 1 aromatic rings. The predicted molar refractivity (Wildman–Crippen MR) is 55.4 cm³/mol. The Balaban J connectivity index is 2.34. The maximum atomic E-state index is 8.91. The maximum absolute atomic E-state index is 8.91. The summed E-state index contributed by atoms with van der Waals surface area (Å²) in [6.07, 6.45) is 5.98. The van der Waals surface area contributed by atoms with Crippen molar-refractivity contribution >= 4 is 17.0 Å². The number of rotatable bonds is 0. The molecule has 1 aromatic carbocycles. The second-order valence-electron chi connectivity index (χ2n) is 3.25. The van der Waals surface area contributed by atoms with Crippen LogP contribution in [0.5, 0.6) is 0 Å². The van der Waals surface area contributed by atoms with Crippen LogP contribution in [0.2, 0.25) is 0 Å². The SMILES string of the molecule is N#Cc1cccc2c1N=C1C=CC=C12. The summed E-state index contributed by atoms with van der Waals surface area (Å²) < 4.78 is 0. The molecule has 0 aromatic heterocycles. The monoisotopic (exact) mass is 178 g/mol. The fraction of sp³-hybridized carbons (Fsp3) is 0. The van der Waals surface area contributed by atoms with Crippen LogP contribution in [-0.2, 0) is 0 Å². The van der Waals surface area contributed by atoms with Gasteiger partial charge in [-0.2, -0.15) is 5.26 Å². The van der Waals surface area contributed by atoms with Gasteiger partial charge in [0, 0.05) is 11.1 Å². The van der Waals surface area contributed by atoms with E-state index in [2.05, 4.69) is 11.1 Å². The van der Waals surface area contributed by atoms with E-state index in [1.807, 2.05) is 30.4 Å². The van der Waals surface area contributed by atoms with Crippen LogP contribution in [0.4, 0.5) is 5.69 Å². The summed E-state index contributed by atoms with van der Waals surface area (Å²) in [5.74, 6) is 0. The van der Waals surface area contributed by atoms with Gasteiger partial charge < -0.3 is 0 Å². The fourth-order valence-electron chi connectivity index (χ4n) is 1.83. The molecule has 0 saturated carbocycles. The molecule has 0 amide bonds. The lowest BCUT2D eigenvalue weighted by molar-refractivity contribution is 1.44. The molecule has 2 aliphatic rings. The topological polar surface area (TPSA) is 36.1 Å². The molecule has 0 bridgehead atoms. The minimum Gasteiger partial charge on any atom is -0.246 e. The van der Waals surface area contributed by atoms with Crippen LogP contribution < -0.4 is 0 Å². The summed E-state index contributed by atoms with van der Waals surface area (Å²) in [5, 5.41) is 8.91. The zero-order valence-corrected chi connectivity index (χ0v) is 7.36. The zero-order chi connectivity index (χ0) is 9.54. The lowest BCUT2D eigenvalue weighted by atomic mass is 10.0. The molecule has 0 N–H and O–H groups in total. The highest BCUT2D eigenvalue weighted by atomic mass is 14.8. The normalized spacial score (nSPS) is 15.6. The molecule has 2 nitrogen and oxygen atoms in total. The highest BCUT2D eigenvalue weighted by Gasteiger charge is 2.22. The van der Waals surface area contributed by atoms with E-state index in [0.29, 0.717) is 5.56 Å². The Morgan fingerprint density at radius 2 is 2.21 bits per heavy atom. The molecular weight excluding hydrogens is 172 g/mol. The zero-order valence-electron chi connectivity index (χ0n) is 7.36. The Morgan fingerprint density at radius 1 is 1.29 bits per heavy atom. The molecule has 0 radical (unpaired) electrons. The Morgan fingerprint density at radius 3 is 3.07 bits per heavy atom. The number of benzene rings is 1. The molecule has 3 rings (SSSR count). The van der Waals surface area contributed by atoms with Gasteiger partial charge in [0.15, 0.2) is 0 Å². The number of hydrogen-bond donors (Lipinski definition) is 0. The van der Waals surface area contributed by atoms with Crippen molar-refractivity contribution in [2.75, 3.05) is 0 Å². The van der Waals surface area contributed by atoms with Gasteiger partial charge >= 0.3 is 0 Å². The van der Waals surface area contributed by atoms with Gasteiger partial charge in [0.2, 0.25) is 0 Å². The smallest absolute Gasteiger partial charge is 0.101 e. The van der Waals surface area contributed by atoms with Crippen molar-refractivity contribution in [2.24, 2.45) is 4.99 Å². The third-order valence-electron chi connectivity index (χ3n) is 2.47. The average molecular weight is 178 g/mol. The van der Waals surface area contributed by atoms with Crippen molar-refractivity contribution in [3.05, 3.63) is 47.6 Å². The van der Waals surface area contributed by atoms with Gasteiger partial charge in [0.25, 0.3) is 0 Å². The third-order valence-corrected chi connectivity index (χ3v) is 2.47. The molecular formula is C12H6N2. The summed E-state index contributed by atoms with van der Waals surface area (Å²) in [7, 11) is 0. The standard InChI is InChI=1S/C12H6N2/c13-7-8-3-1-5-10-9-4-2-6-11(9)14-12(8)10/h1-6H. The van der Waals surface area contributed by atoms with E-state index in [1.165, 1.54) is 0 Å². The van der Waals surface area contributed by atoms with E-state index in [9.17, 15) is 0 Å². The molecule has 1 aliphatic carbocycles. The van der Waals surface area contributed by atoms with E-state index in [0.717, 1.165) is 22.5 Å². The van der Waals surface area contributed by atoms with Gasteiger partial charge in [-0.15, -0.1) is 0 Å². The molecule has 14 heavy (non-hydrogen) atoms. The van der Waals surface area contributed by atoms with E-state index >= 15 is 0 Å². The lowest BCUT2D eigenvalue weighted by Gasteiger charge is -1.98. The number of nitrogens with zero attached hydrogens (tertiary/aromatic N) is 2. The molecule has 2 heteroatoms. The summed E-state index contributed by atoms with van der Waals surface area (Å²) in [4.78, 5) is 4.42. The largest absolute Gasteiger partial charge is 0.246 e. The average Bonchev–Trinajstić information content (AvgIpc) is 2.76. The first kappa shape index (κ1) is 7.28. The van der Waals surface area contributed by atoms with Crippen molar-refractivity contribution < 1.29 is 0 Å². The Kier molecular flexibility index (Phi) is 1.26. The minimum atomic E-state index is 0.652. The number of fused-ring (bicyclic) bond motifs is 3. The Hall–Kier alpha value is -2.14. The molecule has 64 valence electrons. The van der Waals surface area contributed by atoms with Gasteiger partial charge in [0.05, 0.1) is 17.0 Å². The van der Waals surface area contributed by atoms with Crippen LogP contribution in [0.3, 0.4) is 0 Å². The van der Waals surface area contributed by atoms with E-state index in [-0.39, 0.29) is 0 Å². The Labute approximate surface area is 81.5 Å². The highest BCUT2D eigenvalue weighted by Crippen LogP contribution is 2.39. The lowest BCUT2D eigenvalue weighted by Crippen LogP contribution is -1.86. The first-order valence-corrected chi connectivity index (χ1v) is 4.41. The van der Waals surface area contributed by atoms with E-state index in [4.69, 9.17) is 5.26 Å². The van der Waals surface area contributed by atoms with Crippen LogP contribution in [0.1, 0.15) is 11.1 Å². The molecule has 0 atom stereocenters. The summed E-state index contributed by atoms with van der Waals surface area (Å²) in [5.41, 5.74) is 4.66. The summed E-state index contributed by atoms with van der Waals surface area (Å²) in [6.45, 7) is 0. The first-order valence-electron chi connectivity index (χ1n) is 4.41. The molecule has 1 aliphatic heterocycles. The van der Waals surface area contributed by atoms with Crippen molar-refractivity contribution in [1.82, 2.24) is 0 Å². The van der Waals surface area contributed by atoms with Crippen LogP contribution in [0.15, 0.2) is 41.4 Å². The second-order valence-corrected chi connectivity index (χ2v) is 3.25. The summed E-state index contributed by atoms with van der Waals surface area (Å²) >= 11 is 0. The molecule has 1 heterocycles. The maximum Gasteiger partial charge on any atom is 0.101 e. The number of para-hydroxylation sites is 1. The van der Waals surface area contributed by atoms with Gasteiger partial charge in [-0.3, -0.25) is 0 Å². The van der Waals surface area contributed by atoms with Crippen LogP contribution in [0, 0.1) is 11.3 Å². The number of nitriles is 1.